The first kappa shape index (κ1) is 24.5. The molecule has 2 aromatic carbocycles. The number of alkyl halides is 6. The third-order valence-corrected chi connectivity index (χ3v) is 6.44. The van der Waals surface area contributed by atoms with Crippen LogP contribution in [0.4, 0.5) is 26.3 Å². The summed E-state index contributed by atoms with van der Waals surface area (Å²) in [6.45, 7) is 3.06. The third kappa shape index (κ3) is 5.38. The Bertz CT molecular complexity index is 971. The second-order valence-corrected chi connectivity index (χ2v) is 8.57. The van der Waals surface area contributed by atoms with Crippen LogP contribution in [0.5, 0.6) is 0 Å². The van der Waals surface area contributed by atoms with Crippen LogP contribution in [-0.4, -0.2) is 61.1 Å². The number of halogens is 6. The second-order valence-electron chi connectivity index (χ2n) is 8.57. The third-order valence-electron chi connectivity index (χ3n) is 6.44. The summed E-state index contributed by atoms with van der Waals surface area (Å²) in [6.07, 6.45) is -9.46. The maximum Gasteiger partial charge on any atom is 0.416 e. The molecule has 2 aliphatic rings. The Labute approximate surface area is 193 Å². The minimum Gasteiger partial charge on any atom is -0.379 e. The van der Waals surface area contributed by atoms with Gasteiger partial charge in [-0.25, -0.2) is 0 Å². The van der Waals surface area contributed by atoms with Crippen LogP contribution >= 0.6 is 0 Å². The average molecular weight is 486 g/mol. The molecule has 0 spiro atoms. The van der Waals surface area contributed by atoms with E-state index >= 15 is 0 Å². The molecule has 184 valence electrons. The predicted octanol–water partition coefficient (Wildman–Crippen LogP) is 5.05. The molecule has 0 N–H and O–H groups in total. The van der Waals surface area contributed by atoms with Gasteiger partial charge in [0.15, 0.2) is 0 Å². The number of piperidine rings is 1. The Balaban J connectivity index is 1.64. The van der Waals surface area contributed by atoms with Crippen molar-refractivity contribution in [3.8, 4) is 0 Å². The minimum atomic E-state index is -5.01. The lowest BCUT2D eigenvalue weighted by Crippen LogP contribution is -2.54. The van der Waals surface area contributed by atoms with E-state index < -0.39 is 35.0 Å². The number of nitrogens with zero attached hydrogens (tertiary/aromatic N) is 2. The van der Waals surface area contributed by atoms with Gasteiger partial charge in [0.2, 0.25) is 0 Å². The summed E-state index contributed by atoms with van der Waals surface area (Å²) in [5, 5.41) is 0. The highest BCUT2D eigenvalue weighted by atomic mass is 19.4. The molecule has 0 aliphatic carbocycles. The van der Waals surface area contributed by atoms with Gasteiger partial charge in [0.25, 0.3) is 5.91 Å². The van der Waals surface area contributed by atoms with Crippen molar-refractivity contribution < 1.29 is 35.9 Å². The number of ether oxygens (including phenoxy) is 1. The van der Waals surface area contributed by atoms with Gasteiger partial charge in [0, 0.05) is 43.7 Å². The zero-order chi connectivity index (χ0) is 24.5. The zero-order valence-corrected chi connectivity index (χ0v) is 18.2. The maximum absolute atomic E-state index is 13.3. The summed E-state index contributed by atoms with van der Waals surface area (Å²) in [5.74, 6) is -0.970. The molecular weight excluding hydrogens is 462 g/mol. The predicted molar refractivity (Wildman–Crippen MR) is 112 cm³/mol. The van der Waals surface area contributed by atoms with E-state index in [2.05, 4.69) is 4.90 Å². The van der Waals surface area contributed by atoms with E-state index in [0.29, 0.717) is 31.8 Å². The molecule has 2 saturated heterocycles. The molecule has 0 bridgehead atoms. The molecule has 2 fully saturated rings. The molecule has 2 aliphatic heterocycles. The molecule has 4 nitrogen and oxygen atoms in total. The van der Waals surface area contributed by atoms with Crippen LogP contribution in [0.1, 0.15) is 39.4 Å². The number of carbonyl (C=O) groups excluding carboxylic acids is 1. The van der Waals surface area contributed by atoms with Crippen LogP contribution in [0, 0.1) is 0 Å². The SMILES string of the molecule is O=C(c1cc(C(F)(F)F)cc(C(F)(F)F)c1)N1CC[C@H](N2CCOCC2)[C@H](c2ccccc2)C1. The lowest BCUT2D eigenvalue weighted by Gasteiger charge is -2.45. The zero-order valence-electron chi connectivity index (χ0n) is 18.2. The van der Waals surface area contributed by atoms with Crippen LogP contribution in [0.3, 0.4) is 0 Å². The molecule has 0 radical (unpaired) electrons. The van der Waals surface area contributed by atoms with Crippen molar-refractivity contribution in [2.24, 2.45) is 0 Å². The van der Waals surface area contributed by atoms with Crippen molar-refractivity contribution in [1.29, 1.82) is 0 Å². The van der Waals surface area contributed by atoms with Gasteiger partial charge in [0.1, 0.15) is 0 Å². The number of amides is 1. The molecule has 0 aromatic heterocycles. The molecule has 1 amide bonds. The first-order valence-electron chi connectivity index (χ1n) is 11.0. The number of rotatable bonds is 3. The molecule has 2 aromatic rings. The quantitative estimate of drug-likeness (QED) is 0.569. The number of morpholine rings is 1. The summed E-state index contributed by atoms with van der Waals surface area (Å²) in [7, 11) is 0. The Morgan fingerprint density at radius 1 is 0.853 bits per heavy atom. The highest BCUT2D eigenvalue weighted by molar-refractivity contribution is 5.95. The molecule has 4 rings (SSSR count). The first-order valence-corrected chi connectivity index (χ1v) is 11.0. The summed E-state index contributed by atoms with van der Waals surface area (Å²) in [4.78, 5) is 16.8. The van der Waals surface area contributed by atoms with Crippen LogP contribution in [0.25, 0.3) is 0 Å². The van der Waals surface area contributed by atoms with Gasteiger partial charge in [-0.3, -0.25) is 9.69 Å². The number of hydrogen-bond acceptors (Lipinski definition) is 3. The highest BCUT2D eigenvalue weighted by Gasteiger charge is 2.40. The number of carbonyl (C=O) groups is 1. The maximum atomic E-state index is 13.3. The number of benzene rings is 2. The van der Waals surface area contributed by atoms with Crippen LogP contribution in [0.2, 0.25) is 0 Å². The van der Waals surface area contributed by atoms with Gasteiger partial charge < -0.3 is 9.64 Å². The summed E-state index contributed by atoms with van der Waals surface area (Å²) in [6, 6.07) is 10.6. The fraction of sp³-hybridized carbons (Fsp3) is 0.458. The van der Waals surface area contributed by atoms with Gasteiger partial charge >= 0.3 is 12.4 Å². The van der Waals surface area contributed by atoms with E-state index in [4.69, 9.17) is 4.74 Å². The van der Waals surface area contributed by atoms with Gasteiger partial charge in [-0.05, 0) is 30.2 Å². The van der Waals surface area contributed by atoms with Crippen molar-refractivity contribution in [2.75, 3.05) is 39.4 Å². The van der Waals surface area contributed by atoms with Crippen molar-refractivity contribution in [3.05, 3.63) is 70.8 Å². The summed E-state index contributed by atoms with van der Waals surface area (Å²) in [5.41, 5.74) is -2.63. The fourth-order valence-corrected chi connectivity index (χ4v) is 4.76. The molecule has 0 saturated carbocycles. The molecule has 10 heteroatoms. The normalized spacial score (nSPS) is 22.6. The van der Waals surface area contributed by atoms with Crippen LogP contribution in [-0.2, 0) is 17.1 Å². The lowest BCUT2D eigenvalue weighted by molar-refractivity contribution is -0.143. The van der Waals surface area contributed by atoms with Gasteiger partial charge in [0.05, 0.1) is 24.3 Å². The van der Waals surface area contributed by atoms with E-state index in [9.17, 15) is 31.1 Å². The van der Waals surface area contributed by atoms with E-state index in [0.717, 1.165) is 18.7 Å². The van der Waals surface area contributed by atoms with Crippen LogP contribution in [0.15, 0.2) is 48.5 Å². The molecular formula is C24H24F6N2O2. The summed E-state index contributed by atoms with van der Waals surface area (Å²) < 4.78 is 85.1. The lowest BCUT2D eigenvalue weighted by atomic mass is 9.84. The summed E-state index contributed by atoms with van der Waals surface area (Å²) >= 11 is 0. The second kappa shape index (κ2) is 9.58. The van der Waals surface area contributed by atoms with Crippen molar-refractivity contribution in [2.45, 2.75) is 30.7 Å². The molecule has 2 atom stereocenters. The van der Waals surface area contributed by atoms with Crippen LogP contribution < -0.4 is 0 Å². The van der Waals surface area contributed by atoms with E-state index in [1.807, 2.05) is 30.3 Å². The van der Waals surface area contributed by atoms with E-state index in [1.54, 1.807) is 0 Å². The number of hydrogen-bond donors (Lipinski definition) is 0. The fourth-order valence-electron chi connectivity index (χ4n) is 4.76. The van der Waals surface area contributed by atoms with Crippen molar-refractivity contribution >= 4 is 5.91 Å². The Hall–Kier alpha value is -2.59. The largest absolute Gasteiger partial charge is 0.416 e. The molecule has 2 heterocycles. The van der Waals surface area contributed by atoms with E-state index in [1.165, 1.54) is 4.90 Å². The monoisotopic (exact) mass is 486 g/mol. The van der Waals surface area contributed by atoms with Gasteiger partial charge in [-0.1, -0.05) is 30.3 Å². The van der Waals surface area contributed by atoms with Gasteiger partial charge in [-0.2, -0.15) is 26.3 Å². The topological polar surface area (TPSA) is 32.8 Å². The first-order chi connectivity index (χ1) is 16.0. The Morgan fingerprint density at radius 2 is 1.44 bits per heavy atom. The minimum absolute atomic E-state index is 0.0359. The standard InChI is InChI=1S/C24H24F6N2O2/c25-23(26,27)18-12-17(13-19(14-18)24(28,29)30)22(33)32-7-6-21(31-8-10-34-11-9-31)20(15-32)16-4-2-1-3-5-16/h1-5,12-14,20-21H,6-11,15H2/t20-,21-/m0/s1. The molecule has 34 heavy (non-hydrogen) atoms. The average Bonchev–Trinajstić information content (AvgIpc) is 2.83. The van der Waals surface area contributed by atoms with Gasteiger partial charge in [-0.15, -0.1) is 0 Å². The Kier molecular flexibility index (Phi) is 6.91. The van der Waals surface area contributed by atoms with Crippen molar-refractivity contribution in [1.82, 2.24) is 9.80 Å². The van der Waals surface area contributed by atoms with E-state index in [-0.39, 0.29) is 31.1 Å². The highest BCUT2D eigenvalue weighted by Crippen LogP contribution is 2.37. The van der Waals surface area contributed by atoms with Crippen molar-refractivity contribution in [3.63, 3.8) is 0 Å². The smallest absolute Gasteiger partial charge is 0.379 e. The number of likely N-dealkylation sites (tertiary alicyclic amines) is 1. The Morgan fingerprint density at radius 3 is 2.00 bits per heavy atom. The molecule has 0 unspecified atom stereocenters.